The minimum atomic E-state index is -4.52. The summed E-state index contributed by atoms with van der Waals surface area (Å²) < 4.78 is 54.1. The summed E-state index contributed by atoms with van der Waals surface area (Å²) in [4.78, 5) is 45.7. The molecular formula is C25H20F4N6O5. The maximum Gasteiger partial charge on any atom is 0.416 e. The number of ether oxygens (including phenoxy) is 1. The van der Waals surface area contributed by atoms with Crippen molar-refractivity contribution in [3.05, 3.63) is 82.7 Å². The first kappa shape index (κ1) is 28.0. The molecule has 0 saturated heterocycles. The summed E-state index contributed by atoms with van der Waals surface area (Å²) in [7, 11) is 0. The number of aromatic carboxylic acids is 1. The molecule has 11 nitrogen and oxygen atoms in total. The highest BCUT2D eigenvalue weighted by molar-refractivity contribution is 6.08. The molecule has 0 spiro atoms. The van der Waals surface area contributed by atoms with Gasteiger partial charge < -0.3 is 31.2 Å². The van der Waals surface area contributed by atoms with E-state index in [9.17, 15) is 31.9 Å². The lowest BCUT2D eigenvalue weighted by atomic mass is 10.1. The van der Waals surface area contributed by atoms with Gasteiger partial charge in [0, 0.05) is 19.3 Å². The molecule has 0 fully saturated rings. The third-order valence-electron chi connectivity index (χ3n) is 5.56. The second-order valence-electron chi connectivity index (χ2n) is 8.35. The Morgan fingerprint density at radius 2 is 1.90 bits per heavy atom. The summed E-state index contributed by atoms with van der Waals surface area (Å²) in [6, 6.07) is 7.45. The van der Waals surface area contributed by atoms with Crippen molar-refractivity contribution in [3.8, 4) is 5.75 Å². The van der Waals surface area contributed by atoms with Crippen LogP contribution in [0.1, 0.15) is 37.5 Å². The fourth-order valence-electron chi connectivity index (χ4n) is 3.71. The van der Waals surface area contributed by atoms with Crippen LogP contribution in [0, 0.1) is 5.82 Å². The number of amides is 2. The van der Waals surface area contributed by atoms with E-state index in [1.807, 2.05) is 0 Å². The molecule has 0 aliphatic carbocycles. The van der Waals surface area contributed by atoms with Crippen LogP contribution in [-0.2, 0) is 24.1 Å². The standard InChI is InChI=1S/C17H13N5O5.C8H7F4N/c23-12-6-27-11-2-1-8(3-10(11)22-12)4-19-16(24)15-14-13(20-7-21-15)9(5-18-14)17(25)26;9-7-2-5(4-13)1-6(3-7)8(10,11)12/h1-3,5,7,18H,4,6H2,(H,19,24)(H,22,23)(H,25,26);1-3H,4,13H2. The number of carbonyl (C=O) groups excluding carboxylic acids is 2. The number of halogens is 4. The largest absolute Gasteiger partial charge is 0.482 e. The fourth-order valence-corrected chi connectivity index (χ4v) is 3.71. The molecule has 1 aliphatic rings. The van der Waals surface area contributed by atoms with Gasteiger partial charge in [0.2, 0.25) is 0 Å². The van der Waals surface area contributed by atoms with Gasteiger partial charge in [-0.1, -0.05) is 6.07 Å². The minimum Gasteiger partial charge on any atom is -0.482 e. The monoisotopic (exact) mass is 560 g/mol. The number of rotatable bonds is 5. The van der Waals surface area contributed by atoms with Crippen molar-refractivity contribution in [3.63, 3.8) is 0 Å². The summed E-state index contributed by atoms with van der Waals surface area (Å²) >= 11 is 0. The van der Waals surface area contributed by atoms with E-state index in [-0.39, 0.29) is 53.5 Å². The van der Waals surface area contributed by atoms with E-state index in [1.165, 1.54) is 6.20 Å². The molecular weight excluding hydrogens is 540 g/mol. The van der Waals surface area contributed by atoms with Gasteiger partial charge in [-0.15, -0.1) is 0 Å². The van der Waals surface area contributed by atoms with Crippen LogP contribution < -0.4 is 21.1 Å². The molecule has 2 aromatic carbocycles. The number of carboxylic acids is 1. The van der Waals surface area contributed by atoms with E-state index < -0.39 is 29.4 Å². The first-order valence-electron chi connectivity index (χ1n) is 11.4. The summed E-state index contributed by atoms with van der Waals surface area (Å²) in [5.41, 5.74) is 5.93. The molecule has 5 rings (SSSR count). The first-order valence-corrected chi connectivity index (χ1v) is 11.4. The van der Waals surface area contributed by atoms with Crippen molar-refractivity contribution in [2.45, 2.75) is 19.3 Å². The van der Waals surface area contributed by atoms with Gasteiger partial charge in [-0.3, -0.25) is 9.59 Å². The number of nitrogens with zero attached hydrogens (tertiary/aromatic N) is 2. The van der Waals surface area contributed by atoms with Crippen LogP contribution in [0.15, 0.2) is 48.9 Å². The molecule has 0 bridgehead atoms. The highest BCUT2D eigenvalue weighted by Gasteiger charge is 2.31. The number of anilines is 1. The van der Waals surface area contributed by atoms with Gasteiger partial charge in [0.15, 0.2) is 12.3 Å². The zero-order chi connectivity index (χ0) is 29.0. The average molecular weight is 560 g/mol. The summed E-state index contributed by atoms with van der Waals surface area (Å²) in [6.07, 6.45) is -2.11. The van der Waals surface area contributed by atoms with Crippen molar-refractivity contribution >= 4 is 34.5 Å². The van der Waals surface area contributed by atoms with Gasteiger partial charge in [0.1, 0.15) is 29.0 Å². The second-order valence-corrected chi connectivity index (χ2v) is 8.35. The van der Waals surface area contributed by atoms with E-state index in [0.717, 1.165) is 24.0 Å². The number of carboxylic acid groups (broad SMARTS) is 1. The predicted octanol–water partition coefficient (Wildman–Crippen LogP) is 3.22. The normalized spacial score (nSPS) is 12.5. The van der Waals surface area contributed by atoms with E-state index in [0.29, 0.717) is 17.5 Å². The number of fused-ring (bicyclic) bond motifs is 2. The fraction of sp³-hybridized carbons (Fsp3) is 0.160. The molecule has 0 radical (unpaired) electrons. The highest BCUT2D eigenvalue weighted by atomic mass is 19.4. The number of nitrogens with one attached hydrogen (secondary N) is 3. The van der Waals surface area contributed by atoms with E-state index in [2.05, 4.69) is 25.6 Å². The lowest BCUT2D eigenvalue weighted by Crippen LogP contribution is -2.26. The quantitative estimate of drug-likeness (QED) is 0.232. The molecule has 40 heavy (non-hydrogen) atoms. The summed E-state index contributed by atoms with van der Waals surface area (Å²) in [5, 5.41) is 14.6. The predicted molar refractivity (Wildman–Crippen MR) is 132 cm³/mol. The molecule has 4 aromatic rings. The Morgan fingerprint density at radius 3 is 2.60 bits per heavy atom. The molecule has 1 aliphatic heterocycles. The number of hydrogen-bond acceptors (Lipinski definition) is 7. The van der Waals surface area contributed by atoms with Crippen LogP contribution in [0.3, 0.4) is 0 Å². The van der Waals surface area contributed by atoms with Crippen LogP contribution >= 0.6 is 0 Å². The van der Waals surface area contributed by atoms with Crippen molar-refractivity contribution < 1.29 is 41.8 Å². The third kappa shape index (κ3) is 6.32. The van der Waals surface area contributed by atoms with Crippen LogP contribution in [0.5, 0.6) is 5.75 Å². The Bertz CT molecular complexity index is 1600. The average Bonchev–Trinajstić information content (AvgIpc) is 3.36. The van der Waals surface area contributed by atoms with Crippen LogP contribution in [0.2, 0.25) is 0 Å². The Kier molecular flexibility index (Phi) is 7.95. The number of aromatic amines is 1. The van der Waals surface area contributed by atoms with Crippen molar-refractivity contribution in [1.82, 2.24) is 20.3 Å². The van der Waals surface area contributed by atoms with Crippen molar-refractivity contribution in [2.24, 2.45) is 5.73 Å². The number of carbonyl (C=O) groups is 3. The van der Waals surface area contributed by atoms with Gasteiger partial charge in [0.05, 0.1) is 16.8 Å². The van der Waals surface area contributed by atoms with Crippen LogP contribution in [0.4, 0.5) is 23.2 Å². The number of alkyl halides is 3. The van der Waals surface area contributed by atoms with Gasteiger partial charge in [-0.2, -0.15) is 13.2 Å². The summed E-state index contributed by atoms with van der Waals surface area (Å²) in [6.45, 7) is 0.0437. The van der Waals surface area contributed by atoms with Gasteiger partial charge in [-0.05, 0) is 41.5 Å². The molecule has 2 aromatic heterocycles. The number of benzene rings is 2. The number of H-pyrrole nitrogens is 1. The van der Waals surface area contributed by atoms with Gasteiger partial charge in [0.25, 0.3) is 11.8 Å². The Hall–Kier alpha value is -5.05. The maximum absolute atomic E-state index is 12.6. The van der Waals surface area contributed by atoms with Crippen molar-refractivity contribution in [2.75, 3.05) is 11.9 Å². The van der Waals surface area contributed by atoms with Gasteiger partial charge in [-0.25, -0.2) is 19.2 Å². The van der Waals surface area contributed by atoms with E-state index in [1.54, 1.807) is 18.2 Å². The zero-order valence-electron chi connectivity index (χ0n) is 20.3. The van der Waals surface area contributed by atoms with Gasteiger partial charge >= 0.3 is 12.1 Å². The SMILES string of the molecule is NCc1cc(F)cc(C(F)(F)F)c1.O=C1COc2ccc(CNC(=O)c3ncnc4c(C(=O)O)c[nH]c34)cc2N1. The van der Waals surface area contributed by atoms with Crippen LogP contribution in [0.25, 0.3) is 11.0 Å². The Morgan fingerprint density at radius 1 is 1.12 bits per heavy atom. The maximum atomic E-state index is 12.6. The molecule has 6 N–H and O–H groups in total. The lowest BCUT2D eigenvalue weighted by molar-refractivity contribution is -0.137. The zero-order valence-corrected chi connectivity index (χ0v) is 20.3. The first-order chi connectivity index (χ1) is 19.0. The smallest absolute Gasteiger partial charge is 0.416 e. The third-order valence-corrected chi connectivity index (χ3v) is 5.56. The molecule has 0 atom stereocenters. The van der Waals surface area contributed by atoms with E-state index in [4.69, 9.17) is 15.6 Å². The molecule has 3 heterocycles. The Balaban J connectivity index is 0.000000240. The topological polar surface area (TPSA) is 172 Å². The number of nitrogens with two attached hydrogens (primary N) is 1. The molecule has 208 valence electrons. The Labute approximate surface area is 222 Å². The minimum absolute atomic E-state index is 0.0265. The summed E-state index contributed by atoms with van der Waals surface area (Å²) in [5.74, 6) is -2.23. The molecule has 15 heteroatoms. The van der Waals surface area contributed by atoms with E-state index >= 15 is 0 Å². The number of hydrogen-bond donors (Lipinski definition) is 5. The second kappa shape index (κ2) is 11.4. The van der Waals surface area contributed by atoms with Crippen LogP contribution in [-0.4, -0.2) is 44.4 Å². The van der Waals surface area contributed by atoms with Crippen molar-refractivity contribution in [1.29, 1.82) is 0 Å². The highest BCUT2D eigenvalue weighted by Crippen LogP contribution is 2.30. The molecule has 0 unspecified atom stereocenters. The lowest BCUT2D eigenvalue weighted by Gasteiger charge is -2.18. The molecule has 2 amide bonds. The molecule has 0 saturated carbocycles. The number of aromatic nitrogens is 3.